The zero-order valence-corrected chi connectivity index (χ0v) is 7.95. The third-order valence-corrected chi connectivity index (χ3v) is 2.16. The predicted octanol–water partition coefficient (Wildman–Crippen LogP) is -0.121. The Morgan fingerprint density at radius 3 is 1.87 bits per heavy atom. The molecular formula is C5H5F4NO4S. The van der Waals surface area contributed by atoms with Gasteiger partial charge >= 0.3 is 16.4 Å². The molecule has 88 valence electrons. The first-order valence-corrected chi connectivity index (χ1v) is 4.72. The van der Waals surface area contributed by atoms with Crippen molar-refractivity contribution in [3.05, 3.63) is 0 Å². The Bertz CT molecular complexity index is 373. The molecule has 15 heavy (non-hydrogen) atoms. The van der Waals surface area contributed by atoms with E-state index in [1.165, 1.54) is 0 Å². The number of nitrogens with one attached hydrogen (secondary N) is 1. The lowest BCUT2D eigenvalue weighted by Gasteiger charge is -2.14. The summed E-state index contributed by atoms with van der Waals surface area (Å²) in [4.78, 5) is 20.8. The van der Waals surface area contributed by atoms with Crippen molar-refractivity contribution in [1.29, 1.82) is 0 Å². The highest BCUT2D eigenvalue weighted by molar-refractivity contribution is 7.87. The summed E-state index contributed by atoms with van der Waals surface area (Å²) in [6, 6.07) is 0. The Morgan fingerprint density at radius 1 is 1.27 bits per heavy atom. The van der Waals surface area contributed by atoms with Crippen LogP contribution in [0.25, 0.3) is 0 Å². The fourth-order valence-electron chi connectivity index (χ4n) is 0.675. The summed E-state index contributed by atoms with van der Waals surface area (Å²) in [6.07, 6.45) is -5.62. The SMILES string of the molecule is CC(=O)NC(=O)C(C(F)(F)F)S(=O)(=O)F. The lowest BCUT2D eigenvalue weighted by atomic mass is 10.4. The summed E-state index contributed by atoms with van der Waals surface area (Å²) >= 11 is 0. The minimum atomic E-state index is -6.16. The normalized spacial score (nSPS) is 14.5. The summed E-state index contributed by atoms with van der Waals surface area (Å²) in [5, 5.41) is -2.84. The molecule has 1 N–H and O–H groups in total. The third kappa shape index (κ3) is 4.23. The van der Waals surface area contributed by atoms with Crippen LogP contribution in [0.1, 0.15) is 6.92 Å². The van der Waals surface area contributed by atoms with Gasteiger partial charge in [-0.2, -0.15) is 21.6 Å². The van der Waals surface area contributed by atoms with Gasteiger partial charge in [-0.1, -0.05) is 0 Å². The van der Waals surface area contributed by atoms with Crippen LogP contribution in [0.5, 0.6) is 0 Å². The molecule has 0 spiro atoms. The molecule has 0 saturated carbocycles. The van der Waals surface area contributed by atoms with Crippen LogP contribution in [0.15, 0.2) is 0 Å². The standard InChI is InChI=1S/C5H5F4NO4S/c1-2(11)10-4(12)3(5(6,7)8)15(9,13)14/h3H,1H3,(H,10,11,12). The first-order valence-electron chi connectivity index (χ1n) is 3.28. The van der Waals surface area contributed by atoms with Gasteiger partial charge in [0.05, 0.1) is 0 Å². The van der Waals surface area contributed by atoms with Crippen molar-refractivity contribution in [2.75, 3.05) is 0 Å². The van der Waals surface area contributed by atoms with E-state index in [0.717, 1.165) is 5.32 Å². The number of hydrogen-bond donors (Lipinski definition) is 1. The first-order chi connectivity index (χ1) is 6.46. The van der Waals surface area contributed by atoms with E-state index in [1.807, 2.05) is 0 Å². The molecule has 0 aliphatic rings. The zero-order valence-electron chi connectivity index (χ0n) is 7.13. The van der Waals surface area contributed by atoms with E-state index in [9.17, 15) is 35.1 Å². The maximum absolute atomic E-state index is 12.1. The van der Waals surface area contributed by atoms with Crippen LogP contribution in [-0.4, -0.2) is 31.7 Å². The highest BCUT2D eigenvalue weighted by atomic mass is 32.3. The highest BCUT2D eigenvalue weighted by Gasteiger charge is 2.54. The largest absolute Gasteiger partial charge is 0.417 e. The molecule has 0 rings (SSSR count). The first kappa shape index (κ1) is 13.8. The number of rotatable bonds is 2. The van der Waals surface area contributed by atoms with Crippen LogP contribution in [0, 0.1) is 0 Å². The second-order valence-corrected chi connectivity index (χ2v) is 3.87. The molecule has 5 nitrogen and oxygen atoms in total. The zero-order chi connectivity index (χ0) is 12.4. The fraction of sp³-hybridized carbons (Fsp3) is 0.600. The average molecular weight is 251 g/mol. The smallest absolute Gasteiger partial charge is 0.295 e. The molecule has 0 fully saturated rings. The van der Waals surface area contributed by atoms with Gasteiger partial charge in [-0.05, 0) is 0 Å². The fourth-order valence-corrected chi connectivity index (χ4v) is 1.31. The second kappa shape index (κ2) is 4.13. The molecule has 0 aromatic carbocycles. The average Bonchev–Trinajstić information content (AvgIpc) is 1.74. The van der Waals surface area contributed by atoms with Gasteiger partial charge < -0.3 is 0 Å². The maximum atomic E-state index is 12.1. The van der Waals surface area contributed by atoms with Gasteiger partial charge in [0.15, 0.2) is 0 Å². The van der Waals surface area contributed by atoms with Crippen molar-refractivity contribution >= 4 is 22.0 Å². The van der Waals surface area contributed by atoms with Gasteiger partial charge in [-0.25, -0.2) is 0 Å². The second-order valence-electron chi connectivity index (χ2n) is 2.44. The Kier molecular flexibility index (Phi) is 3.80. The van der Waals surface area contributed by atoms with Crippen molar-refractivity contribution in [3.63, 3.8) is 0 Å². The molecule has 0 bridgehead atoms. The van der Waals surface area contributed by atoms with E-state index >= 15 is 0 Å². The molecule has 1 atom stereocenters. The van der Waals surface area contributed by atoms with Crippen LogP contribution in [-0.2, 0) is 19.8 Å². The van der Waals surface area contributed by atoms with Crippen molar-refractivity contribution < 1.29 is 35.1 Å². The molecule has 0 aliphatic heterocycles. The van der Waals surface area contributed by atoms with Crippen molar-refractivity contribution in [2.45, 2.75) is 18.3 Å². The van der Waals surface area contributed by atoms with Gasteiger partial charge in [0.2, 0.25) is 5.91 Å². The topological polar surface area (TPSA) is 80.3 Å². The quantitative estimate of drug-likeness (QED) is 0.548. The van der Waals surface area contributed by atoms with Crippen molar-refractivity contribution in [2.24, 2.45) is 0 Å². The molecule has 0 aromatic heterocycles. The number of carbonyl (C=O) groups excluding carboxylic acids is 2. The minimum Gasteiger partial charge on any atom is -0.295 e. The van der Waals surface area contributed by atoms with E-state index in [-0.39, 0.29) is 0 Å². The minimum absolute atomic E-state index is 0.677. The van der Waals surface area contributed by atoms with E-state index < -0.39 is 33.5 Å². The monoisotopic (exact) mass is 251 g/mol. The van der Waals surface area contributed by atoms with Crippen LogP contribution >= 0.6 is 0 Å². The Balaban J connectivity index is 5.16. The highest BCUT2D eigenvalue weighted by Crippen LogP contribution is 2.27. The Hall–Kier alpha value is -1.19. The number of hydrogen-bond acceptors (Lipinski definition) is 4. The molecule has 2 amide bonds. The summed E-state index contributed by atoms with van der Waals surface area (Å²) in [7, 11) is -6.16. The van der Waals surface area contributed by atoms with E-state index in [2.05, 4.69) is 0 Å². The molecule has 0 heterocycles. The predicted molar refractivity (Wildman–Crippen MR) is 38.7 cm³/mol. The van der Waals surface area contributed by atoms with Gasteiger partial charge in [0.1, 0.15) is 0 Å². The molecule has 0 aliphatic carbocycles. The van der Waals surface area contributed by atoms with E-state index in [0.29, 0.717) is 6.92 Å². The third-order valence-electron chi connectivity index (χ3n) is 1.12. The maximum Gasteiger partial charge on any atom is 0.417 e. The summed E-state index contributed by atoms with van der Waals surface area (Å²) in [5.74, 6) is -3.49. The number of amides is 2. The van der Waals surface area contributed by atoms with Gasteiger partial charge in [0, 0.05) is 6.92 Å². The van der Waals surface area contributed by atoms with E-state index in [1.54, 1.807) is 0 Å². The molecule has 0 saturated heterocycles. The number of imide groups is 1. The molecule has 0 aromatic rings. The van der Waals surface area contributed by atoms with Gasteiger partial charge in [-0.15, -0.1) is 3.89 Å². The lowest BCUT2D eigenvalue weighted by molar-refractivity contribution is -0.152. The van der Waals surface area contributed by atoms with Gasteiger partial charge in [-0.3, -0.25) is 14.9 Å². The molecule has 10 heteroatoms. The summed E-state index contributed by atoms with van der Waals surface area (Å²) in [6.45, 7) is 0.677. The van der Waals surface area contributed by atoms with Crippen LogP contribution in [0.4, 0.5) is 17.1 Å². The lowest BCUT2D eigenvalue weighted by Crippen LogP contribution is -2.49. The van der Waals surface area contributed by atoms with Crippen LogP contribution in [0.2, 0.25) is 0 Å². The van der Waals surface area contributed by atoms with Crippen molar-refractivity contribution in [1.82, 2.24) is 5.32 Å². The molecular weight excluding hydrogens is 246 g/mol. The molecule has 1 unspecified atom stereocenters. The van der Waals surface area contributed by atoms with E-state index in [4.69, 9.17) is 0 Å². The number of halogens is 4. The summed E-state index contributed by atoms with van der Waals surface area (Å²) < 4.78 is 68.0. The van der Waals surface area contributed by atoms with Crippen LogP contribution < -0.4 is 5.32 Å². The number of carbonyl (C=O) groups is 2. The Labute approximate surface area is 81.7 Å². The molecule has 0 radical (unpaired) electrons. The van der Waals surface area contributed by atoms with Crippen molar-refractivity contribution in [3.8, 4) is 0 Å². The number of alkyl halides is 3. The summed E-state index contributed by atoms with van der Waals surface area (Å²) in [5.41, 5.74) is 0. The van der Waals surface area contributed by atoms with Gasteiger partial charge in [0.25, 0.3) is 11.2 Å². The van der Waals surface area contributed by atoms with Crippen LogP contribution in [0.3, 0.4) is 0 Å². The Morgan fingerprint density at radius 2 is 1.67 bits per heavy atom.